The van der Waals surface area contributed by atoms with Crippen LogP contribution in [-0.4, -0.2) is 9.38 Å². The lowest BCUT2D eigenvalue weighted by molar-refractivity contribution is 0.869. The van der Waals surface area contributed by atoms with Gasteiger partial charge >= 0.3 is 0 Å². The molecule has 0 bridgehead atoms. The van der Waals surface area contributed by atoms with Gasteiger partial charge in [0.05, 0.1) is 5.69 Å². The lowest BCUT2D eigenvalue weighted by Gasteiger charge is -2.12. The normalized spacial score (nSPS) is 14.6. The van der Waals surface area contributed by atoms with E-state index in [4.69, 9.17) is 0 Å². The number of rotatable bonds is 0. The van der Waals surface area contributed by atoms with Crippen molar-refractivity contribution >= 4 is 11.6 Å². The smallest absolute Gasteiger partial charge is 0.272 e. The first kappa shape index (κ1) is 7.62. The molecule has 0 atom stereocenters. The van der Waals surface area contributed by atoms with Crippen LogP contribution in [0.4, 0.5) is 0 Å². The maximum absolute atomic E-state index is 11.6. The molecule has 0 amide bonds. The van der Waals surface area contributed by atoms with Gasteiger partial charge < -0.3 is 9.38 Å². The minimum atomic E-state index is -0.0136. The molecule has 0 unspecified atom stereocenters. The van der Waals surface area contributed by atoms with Crippen LogP contribution in [0.1, 0.15) is 17.8 Å². The molecule has 0 saturated heterocycles. The fourth-order valence-corrected chi connectivity index (χ4v) is 2.00. The molecule has 0 aliphatic heterocycles. The van der Waals surface area contributed by atoms with Crippen LogP contribution in [0.25, 0.3) is 11.6 Å². The molecule has 1 N–H and O–H groups in total. The number of nitrogens with one attached hydrogen (secondary N) is 1. The average Bonchev–Trinajstić information content (AvgIpc) is 2.67. The molecule has 2 aromatic rings. The summed E-state index contributed by atoms with van der Waals surface area (Å²) in [5, 5.41) is 0. The highest BCUT2D eigenvalue weighted by Crippen LogP contribution is 2.16. The van der Waals surface area contributed by atoms with Gasteiger partial charge in [-0.15, -0.1) is 0 Å². The van der Waals surface area contributed by atoms with E-state index in [9.17, 15) is 4.79 Å². The second kappa shape index (κ2) is 2.61. The van der Waals surface area contributed by atoms with Gasteiger partial charge in [-0.05, 0) is 31.1 Å². The van der Waals surface area contributed by atoms with Crippen LogP contribution in [0.3, 0.4) is 0 Å². The second-order valence-corrected chi connectivity index (χ2v) is 3.52. The summed E-state index contributed by atoms with van der Waals surface area (Å²) in [6, 6.07) is 3.75. The minimum Gasteiger partial charge on any atom is -0.319 e. The van der Waals surface area contributed by atoms with Crippen LogP contribution < -0.4 is 5.56 Å². The summed E-state index contributed by atoms with van der Waals surface area (Å²) < 4.78 is 1.98. The van der Waals surface area contributed by atoms with Crippen LogP contribution in [0.15, 0.2) is 29.2 Å². The third-order valence-electron chi connectivity index (χ3n) is 2.66. The number of fused-ring (bicyclic) bond motifs is 3. The second-order valence-electron chi connectivity index (χ2n) is 3.52. The SMILES string of the molecule is O=c1[nH]c2c(n3cccc13)CCC=C2. The summed E-state index contributed by atoms with van der Waals surface area (Å²) in [7, 11) is 0. The van der Waals surface area contributed by atoms with Crippen molar-refractivity contribution in [2.45, 2.75) is 12.8 Å². The number of aryl methyl sites for hydroxylation is 1. The van der Waals surface area contributed by atoms with Crippen molar-refractivity contribution in [1.82, 2.24) is 9.38 Å². The van der Waals surface area contributed by atoms with Crippen molar-refractivity contribution in [2.24, 2.45) is 0 Å². The summed E-state index contributed by atoms with van der Waals surface area (Å²) in [4.78, 5) is 14.5. The van der Waals surface area contributed by atoms with E-state index in [1.807, 2.05) is 28.8 Å². The first-order valence-corrected chi connectivity index (χ1v) is 4.75. The molecule has 2 aromatic heterocycles. The van der Waals surface area contributed by atoms with Crippen LogP contribution in [-0.2, 0) is 6.42 Å². The van der Waals surface area contributed by atoms with Crippen LogP contribution >= 0.6 is 0 Å². The summed E-state index contributed by atoms with van der Waals surface area (Å²) in [6.45, 7) is 0. The average molecular weight is 186 g/mol. The number of hydrogen-bond donors (Lipinski definition) is 1. The molecular formula is C11H10N2O. The molecule has 3 nitrogen and oxygen atoms in total. The molecule has 0 aromatic carbocycles. The van der Waals surface area contributed by atoms with Crippen LogP contribution in [0, 0.1) is 0 Å². The van der Waals surface area contributed by atoms with Gasteiger partial charge in [-0.1, -0.05) is 6.08 Å². The molecule has 1 aliphatic rings. The highest BCUT2D eigenvalue weighted by molar-refractivity contribution is 5.56. The van der Waals surface area contributed by atoms with Gasteiger partial charge in [0.25, 0.3) is 5.56 Å². The number of hydrogen-bond acceptors (Lipinski definition) is 1. The zero-order chi connectivity index (χ0) is 9.54. The maximum Gasteiger partial charge on any atom is 0.272 e. The molecule has 3 rings (SSSR count). The van der Waals surface area contributed by atoms with Gasteiger partial charge in [-0.2, -0.15) is 0 Å². The van der Waals surface area contributed by atoms with Crippen LogP contribution in [0.2, 0.25) is 0 Å². The Hall–Kier alpha value is -1.77. The molecule has 2 heterocycles. The zero-order valence-corrected chi connectivity index (χ0v) is 7.66. The summed E-state index contributed by atoms with van der Waals surface area (Å²) in [6.07, 6.45) is 8.07. The Labute approximate surface area is 80.7 Å². The van der Waals surface area contributed by atoms with Gasteiger partial charge in [0.1, 0.15) is 5.52 Å². The molecular weight excluding hydrogens is 176 g/mol. The Morgan fingerprint density at radius 3 is 3.29 bits per heavy atom. The lowest BCUT2D eigenvalue weighted by atomic mass is 10.1. The van der Waals surface area contributed by atoms with Crippen molar-refractivity contribution in [2.75, 3.05) is 0 Å². The number of aromatic nitrogens is 2. The van der Waals surface area contributed by atoms with Crippen molar-refractivity contribution in [3.63, 3.8) is 0 Å². The number of allylic oxidation sites excluding steroid dienone is 1. The Kier molecular flexibility index (Phi) is 1.42. The largest absolute Gasteiger partial charge is 0.319 e. The first-order valence-electron chi connectivity index (χ1n) is 4.75. The predicted molar refractivity (Wildman–Crippen MR) is 55.4 cm³/mol. The van der Waals surface area contributed by atoms with E-state index in [1.54, 1.807) is 0 Å². The van der Waals surface area contributed by atoms with Crippen molar-refractivity contribution in [3.8, 4) is 0 Å². The molecule has 70 valence electrons. The fourth-order valence-electron chi connectivity index (χ4n) is 2.00. The van der Waals surface area contributed by atoms with Gasteiger partial charge in [0.15, 0.2) is 0 Å². The zero-order valence-electron chi connectivity index (χ0n) is 7.66. The molecule has 0 fully saturated rings. The molecule has 1 aliphatic carbocycles. The molecule has 0 radical (unpaired) electrons. The van der Waals surface area contributed by atoms with Crippen molar-refractivity contribution < 1.29 is 0 Å². The van der Waals surface area contributed by atoms with E-state index < -0.39 is 0 Å². The summed E-state index contributed by atoms with van der Waals surface area (Å²) in [5.41, 5.74) is 2.87. The Morgan fingerprint density at radius 2 is 2.36 bits per heavy atom. The van der Waals surface area contributed by atoms with E-state index in [0.29, 0.717) is 0 Å². The molecule has 0 saturated carbocycles. The Bertz CT molecular complexity index is 574. The number of H-pyrrole nitrogens is 1. The minimum absolute atomic E-state index is 0.0136. The lowest BCUT2D eigenvalue weighted by Crippen LogP contribution is -2.16. The van der Waals surface area contributed by atoms with Crippen molar-refractivity contribution in [3.05, 3.63) is 46.1 Å². The Balaban J connectivity index is 2.52. The van der Waals surface area contributed by atoms with Gasteiger partial charge in [-0.3, -0.25) is 4.79 Å². The monoisotopic (exact) mass is 186 g/mol. The first-order chi connectivity index (χ1) is 6.86. The van der Waals surface area contributed by atoms with Gasteiger partial charge in [0, 0.05) is 11.9 Å². The fraction of sp³-hybridized carbons (Fsp3) is 0.182. The molecule has 3 heteroatoms. The number of nitrogens with zero attached hydrogens (tertiary/aromatic N) is 1. The van der Waals surface area contributed by atoms with Crippen LogP contribution in [0.5, 0.6) is 0 Å². The quantitative estimate of drug-likeness (QED) is 0.666. The van der Waals surface area contributed by atoms with Gasteiger partial charge in [0.2, 0.25) is 0 Å². The predicted octanol–water partition coefficient (Wildman–Crippen LogP) is 1.59. The van der Waals surface area contributed by atoms with E-state index >= 15 is 0 Å². The highest BCUT2D eigenvalue weighted by Gasteiger charge is 2.10. The van der Waals surface area contributed by atoms with E-state index in [0.717, 1.165) is 24.1 Å². The Morgan fingerprint density at radius 1 is 1.43 bits per heavy atom. The third-order valence-corrected chi connectivity index (χ3v) is 2.66. The third kappa shape index (κ3) is 0.894. The van der Waals surface area contributed by atoms with E-state index in [1.165, 1.54) is 5.69 Å². The highest BCUT2D eigenvalue weighted by atomic mass is 16.1. The van der Waals surface area contributed by atoms with Crippen molar-refractivity contribution in [1.29, 1.82) is 0 Å². The topological polar surface area (TPSA) is 37.3 Å². The van der Waals surface area contributed by atoms with E-state index in [2.05, 4.69) is 11.1 Å². The standard InChI is InChI=1S/C11H10N2O/c14-11-10-6-3-7-13(10)9-5-2-1-4-8(9)12-11/h1,3-4,6-7H,2,5H2,(H,12,14). The van der Waals surface area contributed by atoms with Gasteiger partial charge in [-0.25, -0.2) is 0 Å². The summed E-state index contributed by atoms with van der Waals surface area (Å²) >= 11 is 0. The van der Waals surface area contributed by atoms with E-state index in [-0.39, 0.29) is 5.56 Å². The maximum atomic E-state index is 11.6. The molecule has 14 heavy (non-hydrogen) atoms. The number of aromatic amines is 1. The molecule has 0 spiro atoms. The summed E-state index contributed by atoms with van der Waals surface area (Å²) in [5.74, 6) is 0.